The highest BCUT2D eigenvalue weighted by molar-refractivity contribution is 6.04. The zero-order valence-corrected chi connectivity index (χ0v) is 8.06. The summed E-state index contributed by atoms with van der Waals surface area (Å²) >= 11 is 0. The van der Waals surface area contributed by atoms with Gasteiger partial charge in [0.25, 0.3) is 0 Å². The fraction of sp³-hybridized carbons (Fsp3) is 0.400. The van der Waals surface area contributed by atoms with Gasteiger partial charge in [-0.1, -0.05) is 0 Å². The third kappa shape index (κ3) is 2.01. The second-order valence-electron chi connectivity index (χ2n) is 3.54. The zero-order chi connectivity index (χ0) is 9.97. The van der Waals surface area contributed by atoms with Crippen LogP contribution in [0.15, 0.2) is 24.3 Å². The molecule has 2 radical (unpaired) electrons. The lowest BCUT2D eigenvalue weighted by atomic mass is 10.2. The Kier molecular flexibility index (Phi) is 2.63. The molecule has 1 fully saturated rings. The second kappa shape index (κ2) is 3.92. The lowest BCUT2D eigenvalue weighted by Gasteiger charge is -2.34. The van der Waals surface area contributed by atoms with E-state index in [1.807, 2.05) is 16.9 Å². The van der Waals surface area contributed by atoms with Crippen LogP contribution in [0.4, 0.5) is 5.69 Å². The molecule has 4 heteroatoms. The minimum Gasteiger partial charge on any atom is -0.508 e. The van der Waals surface area contributed by atoms with Crippen LogP contribution in [0.2, 0.25) is 0 Å². The standard InChI is InChI=1S/C10H13BN2O/c11-13-7-5-12(6-8-13)9-1-3-10(14)4-2-9/h1-4,14H,5-8H2. The molecule has 0 aliphatic carbocycles. The first-order valence-corrected chi connectivity index (χ1v) is 4.79. The number of piperazine rings is 1. The van der Waals surface area contributed by atoms with Crippen molar-refractivity contribution in [2.45, 2.75) is 0 Å². The van der Waals surface area contributed by atoms with Gasteiger partial charge < -0.3 is 14.8 Å². The minimum absolute atomic E-state index is 0.311. The largest absolute Gasteiger partial charge is 0.508 e. The van der Waals surface area contributed by atoms with Gasteiger partial charge >= 0.3 is 0 Å². The number of hydrogen-bond acceptors (Lipinski definition) is 3. The maximum absolute atomic E-state index is 9.15. The van der Waals surface area contributed by atoms with Crippen LogP contribution in [0.3, 0.4) is 0 Å². The predicted octanol–water partition coefficient (Wildman–Crippen LogP) is 0.598. The van der Waals surface area contributed by atoms with Gasteiger partial charge in [0.05, 0.1) is 0 Å². The molecule has 1 aromatic carbocycles. The predicted molar refractivity (Wildman–Crippen MR) is 57.6 cm³/mol. The van der Waals surface area contributed by atoms with E-state index in [0.717, 1.165) is 31.9 Å². The van der Waals surface area contributed by atoms with Crippen molar-refractivity contribution < 1.29 is 5.11 Å². The Balaban J connectivity index is 2.05. The van der Waals surface area contributed by atoms with Crippen LogP contribution in [0.25, 0.3) is 0 Å². The Labute approximate surface area is 85.4 Å². The number of hydrogen-bond donors (Lipinski definition) is 1. The van der Waals surface area contributed by atoms with Crippen LogP contribution in [-0.4, -0.2) is 44.1 Å². The Morgan fingerprint density at radius 2 is 1.57 bits per heavy atom. The Hall–Kier alpha value is -1.16. The first-order chi connectivity index (χ1) is 6.75. The van der Waals surface area contributed by atoms with E-state index in [1.54, 1.807) is 12.1 Å². The summed E-state index contributed by atoms with van der Waals surface area (Å²) in [7, 11) is 5.67. The fourth-order valence-corrected chi connectivity index (χ4v) is 1.64. The summed E-state index contributed by atoms with van der Waals surface area (Å²) in [5, 5.41) is 9.15. The molecule has 1 aromatic rings. The van der Waals surface area contributed by atoms with Gasteiger partial charge in [-0.15, -0.1) is 0 Å². The average molecular weight is 188 g/mol. The molecule has 1 aliphatic heterocycles. The van der Waals surface area contributed by atoms with E-state index in [4.69, 9.17) is 13.1 Å². The summed E-state index contributed by atoms with van der Waals surface area (Å²) in [4.78, 5) is 4.10. The molecule has 1 heterocycles. The minimum atomic E-state index is 0.311. The highest BCUT2D eigenvalue weighted by Crippen LogP contribution is 2.19. The van der Waals surface area contributed by atoms with Crippen LogP contribution in [0, 0.1) is 0 Å². The van der Waals surface area contributed by atoms with E-state index >= 15 is 0 Å². The Bertz CT molecular complexity index is 293. The van der Waals surface area contributed by atoms with Crippen molar-refractivity contribution in [2.24, 2.45) is 0 Å². The maximum Gasteiger partial charge on any atom is 0.182 e. The third-order valence-corrected chi connectivity index (χ3v) is 2.53. The van der Waals surface area contributed by atoms with Gasteiger partial charge in [0.2, 0.25) is 0 Å². The van der Waals surface area contributed by atoms with Crippen molar-refractivity contribution in [1.82, 2.24) is 4.81 Å². The molecule has 3 nitrogen and oxygen atoms in total. The molecular weight excluding hydrogens is 175 g/mol. The van der Waals surface area contributed by atoms with Gasteiger partial charge in [0, 0.05) is 31.9 Å². The SMILES string of the molecule is [B]N1CCN(c2ccc(O)cc2)CC1. The van der Waals surface area contributed by atoms with Gasteiger partial charge in [0.1, 0.15) is 5.75 Å². The molecule has 0 unspecified atom stereocenters. The molecule has 72 valence electrons. The number of benzene rings is 1. The number of phenolic OH excluding ortho intramolecular Hbond substituents is 1. The van der Waals surface area contributed by atoms with Crippen molar-refractivity contribution in [2.75, 3.05) is 31.1 Å². The average Bonchev–Trinajstić information content (AvgIpc) is 2.21. The quantitative estimate of drug-likeness (QED) is 0.653. The van der Waals surface area contributed by atoms with Crippen LogP contribution in [0.5, 0.6) is 5.75 Å². The summed E-state index contributed by atoms with van der Waals surface area (Å²) in [6.45, 7) is 3.67. The second-order valence-corrected chi connectivity index (χ2v) is 3.54. The molecule has 0 spiro atoms. The summed E-state index contributed by atoms with van der Waals surface area (Å²) in [5.41, 5.74) is 1.15. The van der Waals surface area contributed by atoms with Gasteiger partial charge in [-0.05, 0) is 24.3 Å². The van der Waals surface area contributed by atoms with E-state index < -0.39 is 0 Å². The maximum atomic E-state index is 9.15. The molecule has 0 saturated carbocycles. The van der Waals surface area contributed by atoms with Crippen molar-refractivity contribution in [1.29, 1.82) is 0 Å². The molecule has 0 bridgehead atoms. The number of anilines is 1. The molecule has 0 aromatic heterocycles. The van der Waals surface area contributed by atoms with Crippen molar-refractivity contribution in [3.05, 3.63) is 24.3 Å². The van der Waals surface area contributed by atoms with Crippen molar-refractivity contribution >= 4 is 13.7 Å². The van der Waals surface area contributed by atoms with E-state index in [-0.39, 0.29) is 0 Å². The number of nitrogens with zero attached hydrogens (tertiary/aromatic N) is 2. The Morgan fingerprint density at radius 3 is 2.14 bits per heavy atom. The molecular formula is C10H13BN2O. The van der Waals surface area contributed by atoms with Gasteiger partial charge in [-0.2, -0.15) is 0 Å². The lowest BCUT2D eigenvalue weighted by molar-refractivity contribution is 0.415. The first kappa shape index (κ1) is 9.40. The zero-order valence-electron chi connectivity index (χ0n) is 8.06. The number of phenols is 1. The molecule has 1 saturated heterocycles. The van der Waals surface area contributed by atoms with E-state index in [0.29, 0.717) is 5.75 Å². The van der Waals surface area contributed by atoms with Gasteiger partial charge in [-0.25, -0.2) is 0 Å². The fourth-order valence-electron chi connectivity index (χ4n) is 1.64. The molecule has 14 heavy (non-hydrogen) atoms. The molecule has 2 rings (SSSR count). The van der Waals surface area contributed by atoms with Crippen LogP contribution in [-0.2, 0) is 0 Å². The van der Waals surface area contributed by atoms with E-state index in [9.17, 15) is 0 Å². The normalized spacial score (nSPS) is 18.4. The summed E-state index contributed by atoms with van der Waals surface area (Å²) < 4.78 is 0. The monoisotopic (exact) mass is 188 g/mol. The molecule has 0 amide bonds. The van der Waals surface area contributed by atoms with Gasteiger partial charge in [-0.3, -0.25) is 0 Å². The Morgan fingerprint density at radius 1 is 1.00 bits per heavy atom. The topological polar surface area (TPSA) is 26.7 Å². The highest BCUT2D eigenvalue weighted by Gasteiger charge is 2.13. The summed E-state index contributed by atoms with van der Waals surface area (Å²) in [5.74, 6) is 0.311. The smallest absolute Gasteiger partial charge is 0.182 e. The van der Waals surface area contributed by atoms with E-state index in [2.05, 4.69) is 4.90 Å². The highest BCUT2D eigenvalue weighted by atomic mass is 16.3. The van der Waals surface area contributed by atoms with Gasteiger partial charge in [0.15, 0.2) is 7.98 Å². The summed E-state index contributed by atoms with van der Waals surface area (Å²) in [6, 6.07) is 7.29. The molecule has 0 atom stereocenters. The van der Waals surface area contributed by atoms with Crippen LogP contribution in [0.1, 0.15) is 0 Å². The first-order valence-electron chi connectivity index (χ1n) is 4.79. The number of rotatable bonds is 1. The lowest BCUT2D eigenvalue weighted by Crippen LogP contribution is -2.45. The number of aromatic hydroxyl groups is 1. The van der Waals surface area contributed by atoms with Crippen LogP contribution >= 0.6 is 0 Å². The van der Waals surface area contributed by atoms with Crippen molar-refractivity contribution in [3.8, 4) is 5.75 Å². The summed E-state index contributed by atoms with van der Waals surface area (Å²) in [6.07, 6.45) is 0. The van der Waals surface area contributed by atoms with Crippen LogP contribution < -0.4 is 4.90 Å². The third-order valence-electron chi connectivity index (χ3n) is 2.53. The van der Waals surface area contributed by atoms with E-state index in [1.165, 1.54) is 0 Å². The molecule has 1 N–H and O–H groups in total. The van der Waals surface area contributed by atoms with Crippen molar-refractivity contribution in [3.63, 3.8) is 0 Å². The molecule has 1 aliphatic rings.